The number of H-pyrrole nitrogens is 1. The minimum absolute atomic E-state index is 0.225. The summed E-state index contributed by atoms with van der Waals surface area (Å²) in [6.07, 6.45) is 1.63. The van der Waals surface area contributed by atoms with E-state index in [-0.39, 0.29) is 5.56 Å². The van der Waals surface area contributed by atoms with Gasteiger partial charge in [-0.3, -0.25) is 9.78 Å². The summed E-state index contributed by atoms with van der Waals surface area (Å²) < 4.78 is 5.93. The Morgan fingerprint density at radius 2 is 2.00 bits per heavy atom. The predicted molar refractivity (Wildman–Crippen MR) is 103 cm³/mol. The van der Waals surface area contributed by atoms with Gasteiger partial charge in [0.25, 0.3) is 5.56 Å². The molecule has 0 radical (unpaired) electrons. The zero-order chi connectivity index (χ0) is 18.4. The highest BCUT2D eigenvalue weighted by molar-refractivity contribution is 5.83. The van der Waals surface area contributed by atoms with Gasteiger partial charge in [0.1, 0.15) is 12.4 Å². The van der Waals surface area contributed by atoms with Crippen LogP contribution in [0.3, 0.4) is 0 Å². The Morgan fingerprint density at radius 1 is 1.15 bits per heavy atom. The first kappa shape index (κ1) is 17.4. The quantitative estimate of drug-likeness (QED) is 0.528. The average molecular weight is 348 g/mol. The second-order valence-electron chi connectivity index (χ2n) is 5.92. The first-order valence-corrected chi connectivity index (χ1v) is 8.24. The van der Waals surface area contributed by atoms with Crippen LogP contribution in [0.4, 0.5) is 5.95 Å². The largest absolute Gasteiger partial charge is 0.488 e. The number of ether oxygens (including phenoxy) is 1. The first-order valence-electron chi connectivity index (χ1n) is 8.24. The minimum Gasteiger partial charge on any atom is -0.488 e. The summed E-state index contributed by atoms with van der Waals surface area (Å²) in [7, 11) is 0. The van der Waals surface area contributed by atoms with E-state index in [0.717, 1.165) is 16.9 Å². The molecule has 0 aliphatic carbocycles. The average Bonchev–Trinajstić information content (AvgIpc) is 2.60. The monoisotopic (exact) mass is 348 g/mol. The maximum absolute atomic E-state index is 11.4. The molecule has 0 saturated heterocycles. The van der Waals surface area contributed by atoms with Gasteiger partial charge in [-0.05, 0) is 31.5 Å². The molecule has 0 amide bonds. The molecule has 0 bridgehead atoms. The number of benzene rings is 2. The summed E-state index contributed by atoms with van der Waals surface area (Å²) in [5.41, 5.74) is 6.25. The van der Waals surface area contributed by atoms with Crippen LogP contribution in [0.15, 0.2) is 64.5 Å². The Morgan fingerprint density at radius 3 is 2.81 bits per heavy atom. The van der Waals surface area contributed by atoms with Crippen LogP contribution in [0.5, 0.6) is 5.75 Å². The van der Waals surface area contributed by atoms with Crippen LogP contribution in [0.2, 0.25) is 0 Å². The number of aromatic amines is 1. The molecule has 3 rings (SSSR count). The number of hydrazone groups is 1. The summed E-state index contributed by atoms with van der Waals surface area (Å²) in [5, 5.41) is 4.14. The van der Waals surface area contributed by atoms with Crippen LogP contribution in [-0.4, -0.2) is 16.2 Å². The Bertz CT molecular complexity index is 979. The van der Waals surface area contributed by atoms with Crippen molar-refractivity contribution in [2.45, 2.75) is 20.5 Å². The Labute approximate surface area is 151 Å². The number of nitrogens with zero attached hydrogens (tertiary/aromatic N) is 2. The molecule has 2 N–H and O–H groups in total. The molecule has 0 aliphatic rings. The van der Waals surface area contributed by atoms with Crippen molar-refractivity contribution in [2.24, 2.45) is 5.10 Å². The second-order valence-corrected chi connectivity index (χ2v) is 5.92. The number of nitrogens with one attached hydrogen (secondary N) is 2. The third-order valence-electron chi connectivity index (χ3n) is 3.64. The molecule has 1 aromatic heterocycles. The van der Waals surface area contributed by atoms with Crippen molar-refractivity contribution in [1.29, 1.82) is 0 Å². The van der Waals surface area contributed by atoms with E-state index in [4.69, 9.17) is 4.74 Å². The van der Waals surface area contributed by atoms with E-state index in [1.54, 1.807) is 13.1 Å². The Kier molecular flexibility index (Phi) is 5.43. The van der Waals surface area contributed by atoms with Crippen molar-refractivity contribution >= 4 is 12.2 Å². The summed E-state index contributed by atoms with van der Waals surface area (Å²) >= 11 is 0. The highest BCUT2D eigenvalue weighted by atomic mass is 16.5. The number of para-hydroxylation sites is 1. The first-order chi connectivity index (χ1) is 12.6. The van der Waals surface area contributed by atoms with E-state index in [2.05, 4.69) is 39.6 Å². The molecule has 0 saturated carbocycles. The maximum Gasteiger partial charge on any atom is 0.252 e. The summed E-state index contributed by atoms with van der Waals surface area (Å²) in [4.78, 5) is 18.2. The van der Waals surface area contributed by atoms with Gasteiger partial charge in [0.2, 0.25) is 5.95 Å². The van der Waals surface area contributed by atoms with Gasteiger partial charge in [-0.25, -0.2) is 10.4 Å². The fourth-order valence-corrected chi connectivity index (χ4v) is 2.48. The van der Waals surface area contributed by atoms with Gasteiger partial charge >= 0.3 is 0 Å². The van der Waals surface area contributed by atoms with Crippen LogP contribution in [0, 0.1) is 13.8 Å². The highest BCUT2D eigenvalue weighted by Crippen LogP contribution is 2.18. The number of anilines is 1. The van der Waals surface area contributed by atoms with Crippen molar-refractivity contribution in [3.8, 4) is 5.75 Å². The van der Waals surface area contributed by atoms with E-state index in [9.17, 15) is 4.79 Å². The van der Waals surface area contributed by atoms with Gasteiger partial charge in [0.15, 0.2) is 0 Å². The molecule has 2 aromatic carbocycles. The molecule has 26 heavy (non-hydrogen) atoms. The summed E-state index contributed by atoms with van der Waals surface area (Å²) in [6.45, 7) is 4.28. The van der Waals surface area contributed by atoms with Crippen molar-refractivity contribution in [1.82, 2.24) is 9.97 Å². The van der Waals surface area contributed by atoms with Crippen LogP contribution >= 0.6 is 0 Å². The van der Waals surface area contributed by atoms with Crippen molar-refractivity contribution in [3.63, 3.8) is 0 Å². The number of hydrogen-bond acceptors (Lipinski definition) is 5. The third-order valence-corrected chi connectivity index (χ3v) is 3.64. The molecule has 0 aliphatic heterocycles. The molecular formula is C20H20N4O2. The van der Waals surface area contributed by atoms with Gasteiger partial charge in [-0.1, -0.05) is 42.0 Å². The fourth-order valence-electron chi connectivity index (χ4n) is 2.48. The normalized spacial score (nSPS) is 10.8. The van der Waals surface area contributed by atoms with E-state index >= 15 is 0 Å². The maximum atomic E-state index is 11.4. The molecule has 0 fully saturated rings. The lowest BCUT2D eigenvalue weighted by molar-refractivity contribution is 0.305. The van der Waals surface area contributed by atoms with Crippen LogP contribution in [0.1, 0.15) is 22.4 Å². The minimum atomic E-state index is -0.225. The number of aromatic nitrogens is 2. The number of hydrogen-bond donors (Lipinski definition) is 2. The van der Waals surface area contributed by atoms with Gasteiger partial charge in [0, 0.05) is 17.3 Å². The van der Waals surface area contributed by atoms with Crippen LogP contribution in [-0.2, 0) is 6.61 Å². The van der Waals surface area contributed by atoms with Gasteiger partial charge in [-0.2, -0.15) is 5.10 Å². The molecule has 6 nitrogen and oxygen atoms in total. The topological polar surface area (TPSA) is 79.4 Å². The summed E-state index contributed by atoms with van der Waals surface area (Å²) in [5.74, 6) is 1.02. The Balaban J connectivity index is 1.69. The smallest absolute Gasteiger partial charge is 0.252 e. The van der Waals surface area contributed by atoms with Crippen molar-refractivity contribution < 1.29 is 4.74 Å². The lowest BCUT2D eigenvalue weighted by atomic mass is 10.1. The lowest BCUT2D eigenvalue weighted by Crippen LogP contribution is -2.10. The van der Waals surface area contributed by atoms with Gasteiger partial charge in [-0.15, -0.1) is 0 Å². The molecule has 6 heteroatoms. The SMILES string of the molecule is Cc1cccc(COc2ccccc2/C=N/Nc2nc(C)cc(=O)[nH]2)c1. The van der Waals surface area contributed by atoms with Gasteiger partial charge in [0.05, 0.1) is 6.21 Å². The van der Waals surface area contributed by atoms with Crippen molar-refractivity contribution in [2.75, 3.05) is 5.43 Å². The third kappa shape index (κ3) is 4.80. The Hall–Kier alpha value is -3.41. The zero-order valence-corrected chi connectivity index (χ0v) is 14.7. The van der Waals surface area contributed by atoms with E-state index in [1.165, 1.54) is 11.6 Å². The van der Waals surface area contributed by atoms with E-state index < -0.39 is 0 Å². The molecule has 1 heterocycles. The molecule has 0 spiro atoms. The second kappa shape index (κ2) is 8.11. The molecule has 0 atom stereocenters. The molecule has 0 unspecified atom stereocenters. The molecule has 3 aromatic rings. The summed E-state index contributed by atoms with van der Waals surface area (Å²) in [6, 6.07) is 17.2. The number of aryl methyl sites for hydroxylation is 2. The molecular weight excluding hydrogens is 328 g/mol. The van der Waals surface area contributed by atoms with Gasteiger partial charge < -0.3 is 4.74 Å². The fraction of sp³-hybridized carbons (Fsp3) is 0.150. The van der Waals surface area contributed by atoms with E-state index in [0.29, 0.717) is 18.2 Å². The van der Waals surface area contributed by atoms with Crippen LogP contribution in [0.25, 0.3) is 0 Å². The number of rotatable bonds is 6. The lowest BCUT2D eigenvalue weighted by Gasteiger charge is -2.09. The van der Waals surface area contributed by atoms with Crippen molar-refractivity contribution in [3.05, 3.63) is 87.3 Å². The molecule has 132 valence electrons. The zero-order valence-electron chi connectivity index (χ0n) is 14.7. The predicted octanol–water partition coefficient (Wildman–Crippen LogP) is 3.41. The highest BCUT2D eigenvalue weighted by Gasteiger charge is 2.02. The van der Waals surface area contributed by atoms with Crippen LogP contribution < -0.4 is 15.7 Å². The standard InChI is InChI=1S/C20H20N4O2/c1-14-6-5-7-16(10-14)13-26-18-9-4-3-8-17(18)12-21-24-20-22-15(2)11-19(25)23-20/h3-12H,13H2,1-2H3,(H2,22,23,24,25)/b21-12+. The van der Waals surface area contributed by atoms with E-state index in [1.807, 2.05) is 36.4 Å².